The van der Waals surface area contributed by atoms with Crippen molar-refractivity contribution in [3.63, 3.8) is 0 Å². The Hall–Kier alpha value is -2.33. The third-order valence-corrected chi connectivity index (χ3v) is 4.77. The van der Waals surface area contributed by atoms with Crippen molar-refractivity contribution in [1.82, 2.24) is 10.2 Å². The standard InChI is InChI=1S/C21H27N3O/c1-18-7-5-6-10-20(18)24-15-13-23(14-16-24)17-21(25)22-12-11-19-8-3-2-4-9-19/h2-10H,11-17H2,1H3,(H,22,25). The largest absolute Gasteiger partial charge is 0.369 e. The van der Waals surface area contributed by atoms with E-state index in [0.29, 0.717) is 13.1 Å². The second-order valence-corrected chi connectivity index (χ2v) is 6.64. The molecule has 132 valence electrons. The highest BCUT2D eigenvalue weighted by atomic mass is 16.2. The first-order valence-electron chi connectivity index (χ1n) is 9.06. The summed E-state index contributed by atoms with van der Waals surface area (Å²) in [6.45, 7) is 7.16. The summed E-state index contributed by atoms with van der Waals surface area (Å²) >= 11 is 0. The van der Waals surface area contributed by atoms with E-state index in [9.17, 15) is 4.79 Å². The van der Waals surface area contributed by atoms with Crippen LogP contribution in [0.3, 0.4) is 0 Å². The van der Waals surface area contributed by atoms with E-state index in [1.54, 1.807) is 0 Å². The number of para-hydroxylation sites is 1. The molecule has 2 aromatic carbocycles. The van der Waals surface area contributed by atoms with E-state index >= 15 is 0 Å². The Kier molecular flexibility index (Phi) is 6.07. The van der Waals surface area contributed by atoms with Crippen molar-refractivity contribution in [3.8, 4) is 0 Å². The van der Waals surface area contributed by atoms with Crippen LogP contribution in [0.2, 0.25) is 0 Å². The molecule has 3 rings (SSSR count). The SMILES string of the molecule is Cc1ccccc1N1CCN(CC(=O)NCCc2ccccc2)CC1. The average Bonchev–Trinajstić information content (AvgIpc) is 2.64. The Bertz CT molecular complexity index is 679. The number of amides is 1. The second-order valence-electron chi connectivity index (χ2n) is 6.64. The van der Waals surface area contributed by atoms with Crippen LogP contribution in [0.15, 0.2) is 54.6 Å². The summed E-state index contributed by atoms with van der Waals surface area (Å²) in [5, 5.41) is 3.04. The van der Waals surface area contributed by atoms with E-state index in [2.05, 4.69) is 58.4 Å². The number of benzene rings is 2. The molecular weight excluding hydrogens is 310 g/mol. The van der Waals surface area contributed by atoms with Gasteiger partial charge in [-0.2, -0.15) is 0 Å². The lowest BCUT2D eigenvalue weighted by molar-refractivity contribution is -0.122. The Morgan fingerprint density at radius 2 is 1.64 bits per heavy atom. The third-order valence-electron chi connectivity index (χ3n) is 4.77. The molecule has 0 atom stereocenters. The normalized spacial score (nSPS) is 15.2. The van der Waals surface area contributed by atoms with Crippen LogP contribution >= 0.6 is 0 Å². The molecule has 1 saturated heterocycles. The van der Waals surface area contributed by atoms with Crippen LogP contribution in [0, 0.1) is 6.92 Å². The molecule has 1 fully saturated rings. The van der Waals surface area contributed by atoms with Crippen LogP contribution in [0.1, 0.15) is 11.1 Å². The molecule has 1 heterocycles. The molecule has 1 amide bonds. The fourth-order valence-corrected chi connectivity index (χ4v) is 3.32. The Labute approximate surface area is 150 Å². The van der Waals surface area contributed by atoms with Crippen LogP contribution in [-0.2, 0) is 11.2 Å². The van der Waals surface area contributed by atoms with E-state index in [1.807, 2.05) is 18.2 Å². The van der Waals surface area contributed by atoms with Gasteiger partial charge in [-0.15, -0.1) is 0 Å². The van der Waals surface area contributed by atoms with Gasteiger partial charge in [0.05, 0.1) is 6.54 Å². The lowest BCUT2D eigenvalue weighted by Crippen LogP contribution is -2.49. The van der Waals surface area contributed by atoms with Crippen LogP contribution in [0.4, 0.5) is 5.69 Å². The van der Waals surface area contributed by atoms with Gasteiger partial charge in [0.25, 0.3) is 0 Å². The number of nitrogens with one attached hydrogen (secondary N) is 1. The minimum absolute atomic E-state index is 0.125. The van der Waals surface area contributed by atoms with Crippen LogP contribution in [0.25, 0.3) is 0 Å². The number of piperazine rings is 1. The zero-order valence-electron chi connectivity index (χ0n) is 14.9. The molecule has 1 N–H and O–H groups in total. The number of hydrogen-bond donors (Lipinski definition) is 1. The monoisotopic (exact) mass is 337 g/mol. The molecule has 0 bridgehead atoms. The van der Waals surface area contributed by atoms with Crippen molar-refractivity contribution in [2.45, 2.75) is 13.3 Å². The maximum atomic E-state index is 12.1. The zero-order chi connectivity index (χ0) is 17.5. The number of anilines is 1. The molecule has 0 spiro atoms. The van der Waals surface area contributed by atoms with Gasteiger partial charge in [0, 0.05) is 38.4 Å². The summed E-state index contributed by atoms with van der Waals surface area (Å²) in [5.41, 5.74) is 3.89. The zero-order valence-corrected chi connectivity index (χ0v) is 14.9. The van der Waals surface area contributed by atoms with Crippen LogP contribution < -0.4 is 10.2 Å². The molecule has 0 unspecified atom stereocenters. The Morgan fingerprint density at radius 1 is 0.960 bits per heavy atom. The molecule has 0 aliphatic carbocycles. The van der Waals surface area contributed by atoms with Gasteiger partial charge in [0.2, 0.25) is 5.91 Å². The lowest BCUT2D eigenvalue weighted by atomic mass is 10.1. The minimum Gasteiger partial charge on any atom is -0.369 e. The third kappa shape index (κ3) is 5.07. The first-order chi connectivity index (χ1) is 12.2. The van der Waals surface area contributed by atoms with E-state index in [-0.39, 0.29) is 5.91 Å². The van der Waals surface area contributed by atoms with Crippen molar-refractivity contribution in [2.24, 2.45) is 0 Å². The summed E-state index contributed by atoms with van der Waals surface area (Å²) in [4.78, 5) is 16.8. The first kappa shape index (κ1) is 17.5. The number of hydrogen-bond acceptors (Lipinski definition) is 3. The molecule has 25 heavy (non-hydrogen) atoms. The second kappa shape index (κ2) is 8.67. The summed E-state index contributed by atoms with van der Waals surface area (Å²) in [7, 11) is 0. The van der Waals surface area contributed by atoms with Gasteiger partial charge in [-0.25, -0.2) is 0 Å². The Morgan fingerprint density at radius 3 is 2.36 bits per heavy atom. The maximum Gasteiger partial charge on any atom is 0.234 e. The number of aryl methyl sites for hydroxylation is 1. The van der Waals surface area contributed by atoms with Crippen molar-refractivity contribution >= 4 is 11.6 Å². The lowest BCUT2D eigenvalue weighted by Gasteiger charge is -2.36. The highest BCUT2D eigenvalue weighted by Gasteiger charge is 2.19. The van der Waals surface area contributed by atoms with Crippen molar-refractivity contribution < 1.29 is 4.79 Å². The number of nitrogens with zero attached hydrogens (tertiary/aromatic N) is 2. The molecule has 0 radical (unpaired) electrons. The fourth-order valence-electron chi connectivity index (χ4n) is 3.32. The van der Waals surface area contributed by atoms with E-state index in [1.165, 1.54) is 16.8 Å². The highest BCUT2D eigenvalue weighted by molar-refractivity contribution is 5.78. The van der Waals surface area contributed by atoms with E-state index < -0.39 is 0 Å². The smallest absolute Gasteiger partial charge is 0.234 e. The maximum absolute atomic E-state index is 12.1. The molecular formula is C21H27N3O. The fraction of sp³-hybridized carbons (Fsp3) is 0.381. The predicted molar refractivity (Wildman–Crippen MR) is 103 cm³/mol. The average molecular weight is 337 g/mol. The van der Waals surface area contributed by atoms with Gasteiger partial charge in [0.1, 0.15) is 0 Å². The van der Waals surface area contributed by atoms with Gasteiger partial charge in [-0.1, -0.05) is 48.5 Å². The van der Waals surface area contributed by atoms with Gasteiger partial charge in [-0.3, -0.25) is 9.69 Å². The summed E-state index contributed by atoms with van der Waals surface area (Å²) in [6, 6.07) is 18.8. The predicted octanol–water partition coefficient (Wildman–Crippen LogP) is 2.48. The highest BCUT2D eigenvalue weighted by Crippen LogP contribution is 2.20. The molecule has 0 aromatic heterocycles. The molecule has 4 nitrogen and oxygen atoms in total. The molecule has 1 aliphatic heterocycles. The summed E-state index contributed by atoms with van der Waals surface area (Å²) < 4.78 is 0. The van der Waals surface area contributed by atoms with Gasteiger partial charge < -0.3 is 10.2 Å². The summed E-state index contributed by atoms with van der Waals surface area (Å²) in [5.74, 6) is 0.125. The topological polar surface area (TPSA) is 35.6 Å². The van der Waals surface area contributed by atoms with Gasteiger partial charge in [-0.05, 0) is 30.5 Å². The van der Waals surface area contributed by atoms with Crippen molar-refractivity contribution in [3.05, 3.63) is 65.7 Å². The quantitative estimate of drug-likeness (QED) is 0.880. The molecule has 0 saturated carbocycles. The van der Waals surface area contributed by atoms with Gasteiger partial charge in [0.15, 0.2) is 0 Å². The van der Waals surface area contributed by atoms with Crippen molar-refractivity contribution in [1.29, 1.82) is 0 Å². The molecule has 2 aromatic rings. The number of carbonyl (C=O) groups is 1. The van der Waals surface area contributed by atoms with E-state index in [0.717, 1.165) is 32.6 Å². The number of carbonyl (C=O) groups excluding carboxylic acids is 1. The molecule has 4 heteroatoms. The molecule has 1 aliphatic rings. The first-order valence-corrected chi connectivity index (χ1v) is 9.06. The van der Waals surface area contributed by atoms with Crippen LogP contribution in [-0.4, -0.2) is 50.1 Å². The summed E-state index contributed by atoms with van der Waals surface area (Å²) in [6.07, 6.45) is 0.883. The minimum atomic E-state index is 0.125. The van der Waals surface area contributed by atoms with Gasteiger partial charge >= 0.3 is 0 Å². The van der Waals surface area contributed by atoms with Crippen LogP contribution in [0.5, 0.6) is 0 Å². The van der Waals surface area contributed by atoms with E-state index in [4.69, 9.17) is 0 Å². The number of rotatable bonds is 6. The van der Waals surface area contributed by atoms with Crippen molar-refractivity contribution in [2.75, 3.05) is 44.2 Å². The Balaban J connectivity index is 1.38.